The Bertz CT molecular complexity index is 825. The van der Waals surface area contributed by atoms with Crippen molar-refractivity contribution in [2.24, 2.45) is 0 Å². The second-order valence-electron chi connectivity index (χ2n) is 7.09. The Hall–Kier alpha value is -2.13. The molecule has 0 aliphatic carbocycles. The molecular weight excluding hydrogens is 410 g/mol. The van der Waals surface area contributed by atoms with Crippen LogP contribution >= 0.6 is 23.7 Å². The zero-order valence-corrected chi connectivity index (χ0v) is 17.7. The Morgan fingerprint density at radius 3 is 2.52 bits per heavy atom. The standard InChI is InChI=1S/C20H25N5O2S.ClH/c26-19(25-11-8-16(14-25)24-12-9-21-10-13-24)17-6-7-18(28-17)23-20(27)22-15-4-2-1-3-5-15;/h1-7,16,21H,8-14H2,(H2,22,23,27);1H. The monoisotopic (exact) mass is 435 g/mol. The lowest BCUT2D eigenvalue weighted by atomic mass is 10.2. The van der Waals surface area contributed by atoms with E-state index in [-0.39, 0.29) is 24.3 Å². The molecule has 1 unspecified atom stereocenters. The normalized spacial score (nSPS) is 19.4. The third-order valence-electron chi connectivity index (χ3n) is 5.20. The Morgan fingerprint density at radius 2 is 1.76 bits per heavy atom. The topological polar surface area (TPSA) is 76.7 Å². The summed E-state index contributed by atoms with van der Waals surface area (Å²) in [5, 5.41) is 9.61. The summed E-state index contributed by atoms with van der Waals surface area (Å²) in [6, 6.07) is 13.0. The van der Waals surface area contributed by atoms with Crippen molar-refractivity contribution >= 4 is 46.4 Å². The number of hydrogen-bond donors (Lipinski definition) is 3. The third kappa shape index (κ3) is 5.48. The van der Waals surface area contributed by atoms with Crippen LogP contribution in [0.4, 0.5) is 15.5 Å². The molecule has 3 amide bonds. The highest BCUT2D eigenvalue weighted by Crippen LogP contribution is 2.26. The fraction of sp³-hybridized carbons (Fsp3) is 0.400. The maximum atomic E-state index is 12.8. The van der Waals surface area contributed by atoms with Gasteiger partial charge in [-0.2, -0.15) is 0 Å². The molecule has 1 atom stereocenters. The number of nitrogens with zero attached hydrogens (tertiary/aromatic N) is 2. The first-order valence-electron chi connectivity index (χ1n) is 9.66. The van der Waals surface area contributed by atoms with Crippen molar-refractivity contribution in [2.75, 3.05) is 49.9 Å². The Morgan fingerprint density at radius 1 is 1.00 bits per heavy atom. The Labute approximate surface area is 180 Å². The largest absolute Gasteiger partial charge is 0.336 e. The summed E-state index contributed by atoms with van der Waals surface area (Å²) in [6.45, 7) is 5.73. The van der Waals surface area contributed by atoms with Gasteiger partial charge in [0.1, 0.15) is 0 Å². The van der Waals surface area contributed by atoms with Crippen LogP contribution < -0.4 is 16.0 Å². The number of urea groups is 1. The molecule has 156 valence electrons. The van der Waals surface area contributed by atoms with Gasteiger partial charge in [0, 0.05) is 51.0 Å². The molecule has 3 N–H and O–H groups in total. The predicted octanol–water partition coefficient (Wildman–Crippen LogP) is 2.93. The van der Waals surface area contributed by atoms with Crippen molar-refractivity contribution in [1.29, 1.82) is 0 Å². The molecular formula is C20H26ClN5O2S. The van der Waals surface area contributed by atoms with Crippen molar-refractivity contribution in [3.63, 3.8) is 0 Å². The number of thiophene rings is 1. The third-order valence-corrected chi connectivity index (χ3v) is 6.19. The van der Waals surface area contributed by atoms with Crippen molar-refractivity contribution in [1.82, 2.24) is 15.1 Å². The molecule has 2 fully saturated rings. The van der Waals surface area contributed by atoms with Crippen LogP contribution in [0.3, 0.4) is 0 Å². The molecule has 0 saturated carbocycles. The van der Waals surface area contributed by atoms with Crippen LogP contribution in [-0.4, -0.2) is 67.0 Å². The maximum Gasteiger partial charge on any atom is 0.324 e. The van der Waals surface area contributed by atoms with Gasteiger partial charge in [0.25, 0.3) is 5.91 Å². The number of amides is 3. The van der Waals surface area contributed by atoms with E-state index in [0.717, 1.165) is 51.4 Å². The number of carbonyl (C=O) groups excluding carboxylic acids is 2. The molecule has 0 bridgehead atoms. The molecule has 3 heterocycles. The molecule has 2 aliphatic heterocycles. The summed E-state index contributed by atoms with van der Waals surface area (Å²) in [5.74, 6) is 0.0548. The van der Waals surface area contributed by atoms with Crippen LogP contribution in [0.5, 0.6) is 0 Å². The lowest BCUT2D eigenvalue weighted by Crippen LogP contribution is -2.49. The molecule has 2 aliphatic rings. The van der Waals surface area contributed by atoms with Gasteiger partial charge in [0.15, 0.2) is 0 Å². The minimum Gasteiger partial charge on any atom is -0.336 e. The second kappa shape index (κ2) is 10.1. The molecule has 29 heavy (non-hydrogen) atoms. The zero-order valence-electron chi connectivity index (χ0n) is 16.1. The molecule has 2 saturated heterocycles. The van der Waals surface area contributed by atoms with Crippen LogP contribution in [0.2, 0.25) is 0 Å². The van der Waals surface area contributed by atoms with E-state index < -0.39 is 0 Å². The highest BCUT2D eigenvalue weighted by molar-refractivity contribution is 7.18. The van der Waals surface area contributed by atoms with Gasteiger partial charge in [-0.15, -0.1) is 23.7 Å². The maximum absolute atomic E-state index is 12.8. The quantitative estimate of drug-likeness (QED) is 0.690. The number of hydrogen-bond acceptors (Lipinski definition) is 5. The summed E-state index contributed by atoms with van der Waals surface area (Å²) in [7, 11) is 0. The summed E-state index contributed by atoms with van der Waals surface area (Å²) >= 11 is 1.32. The number of carbonyl (C=O) groups is 2. The van der Waals surface area contributed by atoms with Crippen molar-refractivity contribution in [2.45, 2.75) is 12.5 Å². The number of para-hydroxylation sites is 1. The van der Waals surface area contributed by atoms with E-state index in [9.17, 15) is 9.59 Å². The zero-order chi connectivity index (χ0) is 19.3. The molecule has 1 aromatic carbocycles. The van der Waals surface area contributed by atoms with Gasteiger partial charge in [0.2, 0.25) is 0 Å². The van der Waals surface area contributed by atoms with Crippen LogP contribution in [0.25, 0.3) is 0 Å². The van der Waals surface area contributed by atoms with Crippen LogP contribution in [-0.2, 0) is 0 Å². The first kappa shape index (κ1) is 21.6. The van der Waals surface area contributed by atoms with Gasteiger partial charge in [-0.3, -0.25) is 15.0 Å². The SMILES string of the molecule is Cl.O=C(Nc1ccccc1)Nc1ccc(C(=O)N2CCC(N3CCNCC3)C2)s1. The fourth-order valence-corrected chi connectivity index (χ4v) is 4.61. The van der Waals surface area contributed by atoms with Crippen molar-refractivity contribution in [3.05, 3.63) is 47.3 Å². The number of halogens is 1. The molecule has 0 spiro atoms. The van der Waals surface area contributed by atoms with Crippen molar-refractivity contribution in [3.8, 4) is 0 Å². The van der Waals surface area contributed by atoms with E-state index in [0.29, 0.717) is 15.9 Å². The van der Waals surface area contributed by atoms with Gasteiger partial charge in [0.05, 0.1) is 9.88 Å². The van der Waals surface area contributed by atoms with E-state index in [1.54, 1.807) is 12.1 Å². The fourth-order valence-electron chi connectivity index (χ4n) is 3.74. The Balaban J connectivity index is 0.00000240. The van der Waals surface area contributed by atoms with E-state index in [1.165, 1.54) is 11.3 Å². The first-order chi connectivity index (χ1) is 13.7. The Kier molecular flexibility index (Phi) is 7.49. The van der Waals surface area contributed by atoms with Crippen LogP contribution in [0, 0.1) is 0 Å². The lowest BCUT2D eigenvalue weighted by molar-refractivity contribution is 0.0778. The van der Waals surface area contributed by atoms with E-state index in [4.69, 9.17) is 0 Å². The highest BCUT2D eigenvalue weighted by atomic mass is 35.5. The molecule has 2 aromatic rings. The number of anilines is 2. The van der Waals surface area contributed by atoms with Crippen molar-refractivity contribution < 1.29 is 9.59 Å². The van der Waals surface area contributed by atoms with E-state index in [1.807, 2.05) is 35.2 Å². The number of nitrogens with one attached hydrogen (secondary N) is 3. The average Bonchev–Trinajstić information content (AvgIpc) is 3.39. The summed E-state index contributed by atoms with van der Waals surface area (Å²) in [5.41, 5.74) is 0.726. The predicted molar refractivity (Wildman–Crippen MR) is 119 cm³/mol. The molecule has 7 nitrogen and oxygen atoms in total. The molecule has 9 heteroatoms. The van der Waals surface area contributed by atoms with Gasteiger partial charge in [-0.25, -0.2) is 4.79 Å². The van der Waals surface area contributed by atoms with Gasteiger partial charge < -0.3 is 15.5 Å². The number of likely N-dealkylation sites (tertiary alicyclic amines) is 1. The van der Waals surface area contributed by atoms with E-state index >= 15 is 0 Å². The second-order valence-corrected chi connectivity index (χ2v) is 8.17. The average molecular weight is 436 g/mol. The molecule has 0 radical (unpaired) electrons. The summed E-state index contributed by atoms with van der Waals surface area (Å²) in [4.78, 5) is 30.0. The van der Waals surface area contributed by atoms with E-state index in [2.05, 4.69) is 20.9 Å². The number of benzene rings is 1. The smallest absolute Gasteiger partial charge is 0.324 e. The van der Waals surface area contributed by atoms with Crippen LogP contribution in [0.15, 0.2) is 42.5 Å². The molecule has 1 aromatic heterocycles. The van der Waals surface area contributed by atoms with Gasteiger partial charge in [-0.05, 0) is 30.7 Å². The summed E-state index contributed by atoms with van der Waals surface area (Å²) < 4.78 is 0. The summed E-state index contributed by atoms with van der Waals surface area (Å²) in [6.07, 6.45) is 1.03. The van der Waals surface area contributed by atoms with Gasteiger partial charge >= 0.3 is 6.03 Å². The van der Waals surface area contributed by atoms with Gasteiger partial charge in [-0.1, -0.05) is 18.2 Å². The molecule has 4 rings (SSSR count). The lowest BCUT2D eigenvalue weighted by Gasteiger charge is -2.32. The minimum atomic E-state index is -0.313. The van der Waals surface area contributed by atoms with Crippen LogP contribution in [0.1, 0.15) is 16.1 Å². The number of piperazine rings is 1. The first-order valence-corrected chi connectivity index (χ1v) is 10.5. The minimum absolute atomic E-state index is 0. The highest BCUT2D eigenvalue weighted by Gasteiger charge is 2.31. The number of rotatable bonds is 4.